The van der Waals surface area contributed by atoms with E-state index in [0.717, 1.165) is 56.5 Å². The summed E-state index contributed by atoms with van der Waals surface area (Å²) in [7, 11) is -3.69. The summed E-state index contributed by atoms with van der Waals surface area (Å²) in [4.78, 5) is 9.42. The van der Waals surface area contributed by atoms with Crippen LogP contribution >= 0.6 is 31.9 Å². The number of halogens is 4. The molecule has 2 spiro atoms. The molecule has 57 heavy (non-hydrogen) atoms. The van der Waals surface area contributed by atoms with Crippen LogP contribution in [0.3, 0.4) is 0 Å². The molecule has 0 amide bonds. The highest BCUT2D eigenvalue weighted by atomic mass is 79.9. The van der Waals surface area contributed by atoms with Crippen LogP contribution in [-0.4, -0.2) is 62.1 Å². The second kappa shape index (κ2) is 17.3. The number of fused-ring (bicyclic) bond motifs is 2. The van der Waals surface area contributed by atoms with Gasteiger partial charge in [0.15, 0.2) is 11.6 Å². The van der Waals surface area contributed by atoms with Gasteiger partial charge in [0, 0.05) is 74.9 Å². The molecular formula is C41H40Br2F2N4O7S. The van der Waals surface area contributed by atoms with E-state index in [1.807, 2.05) is 13.1 Å². The quantitative estimate of drug-likeness (QED) is 0.141. The molecule has 2 saturated carbocycles. The van der Waals surface area contributed by atoms with Crippen LogP contribution in [0.2, 0.25) is 0 Å². The molecule has 4 aliphatic rings. The SMILES string of the molecule is Cc1ccc(S(=O)(=O)OC2CCC3(CC2)OCCO3)cc1.[C-]#[N+]c1cc2c(Br)c[nH]c2cc1F.[C-]#[N+]c1cc2c(Br)cn(C3CCC4(CC3)OCCO4)c2cc1F. The summed E-state index contributed by atoms with van der Waals surface area (Å²) >= 11 is 6.83. The average Bonchev–Trinajstić information content (AvgIpc) is 4.01. The zero-order valence-corrected chi connectivity index (χ0v) is 35.0. The van der Waals surface area contributed by atoms with Crippen molar-refractivity contribution in [1.82, 2.24) is 9.55 Å². The van der Waals surface area contributed by atoms with E-state index >= 15 is 0 Å². The van der Waals surface area contributed by atoms with Crippen LogP contribution in [0.15, 0.2) is 74.8 Å². The number of aromatic amines is 1. The summed E-state index contributed by atoms with van der Waals surface area (Å²) in [6.45, 7) is 18.3. The highest BCUT2D eigenvalue weighted by Crippen LogP contribution is 2.43. The first kappa shape index (κ1) is 41.4. The van der Waals surface area contributed by atoms with Crippen molar-refractivity contribution in [3.05, 3.63) is 110 Å². The van der Waals surface area contributed by atoms with Gasteiger partial charge in [-0.2, -0.15) is 8.42 Å². The minimum atomic E-state index is -3.69. The molecule has 11 nitrogen and oxygen atoms in total. The first-order valence-corrected chi connectivity index (χ1v) is 21.6. The van der Waals surface area contributed by atoms with Crippen molar-refractivity contribution >= 4 is 75.2 Å². The van der Waals surface area contributed by atoms with E-state index < -0.39 is 27.5 Å². The molecule has 0 bridgehead atoms. The molecule has 2 saturated heterocycles. The number of benzene rings is 3. The number of rotatable bonds is 4. The van der Waals surface area contributed by atoms with E-state index in [1.54, 1.807) is 36.5 Å². The molecule has 4 heterocycles. The predicted octanol–water partition coefficient (Wildman–Crippen LogP) is 11.0. The molecule has 3 aromatic carbocycles. The zero-order valence-electron chi connectivity index (χ0n) is 31.0. The zero-order chi connectivity index (χ0) is 40.4. The third-order valence-electron chi connectivity index (χ3n) is 10.8. The predicted molar refractivity (Wildman–Crippen MR) is 217 cm³/mol. The molecule has 0 radical (unpaired) electrons. The summed E-state index contributed by atoms with van der Waals surface area (Å²) < 4.78 is 83.6. The lowest BCUT2D eigenvalue weighted by Gasteiger charge is -2.36. The minimum Gasteiger partial charge on any atom is -0.360 e. The van der Waals surface area contributed by atoms with Crippen molar-refractivity contribution in [3.63, 3.8) is 0 Å². The van der Waals surface area contributed by atoms with Crippen LogP contribution in [0.4, 0.5) is 20.2 Å². The molecule has 4 fully saturated rings. The lowest BCUT2D eigenvalue weighted by molar-refractivity contribution is -0.185. The fraction of sp³-hybridized carbons (Fsp3) is 0.415. The number of nitrogens with zero attached hydrogens (tertiary/aromatic N) is 3. The maximum atomic E-state index is 14.0. The number of aryl methyl sites for hydroxylation is 1. The number of H-pyrrole nitrogens is 1. The Kier molecular flexibility index (Phi) is 12.5. The van der Waals surface area contributed by atoms with Gasteiger partial charge in [0.2, 0.25) is 11.4 Å². The highest BCUT2D eigenvalue weighted by molar-refractivity contribution is 9.11. The molecule has 16 heteroatoms. The molecule has 2 aliphatic heterocycles. The first-order chi connectivity index (χ1) is 27.3. The van der Waals surface area contributed by atoms with Crippen molar-refractivity contribution in [2.75, 3.05) is 26.4 Å². The van der Waals surface area contributed by atoms with E-state index in [0.29, 0.717) is 63.7 Å². The standard InChI is InChI=1S/C17H16BrFN2O2.C15H20O5S.C9H4BrFN2/c1-20-15-8-12-13(18)10-21(16(12)9-14(15)19)11-2-4-17(5-3-11)22-6-7-23-17;1-12-2-4-14(5-3-12)21(16,17)20-13-6-8-15(9-7-13)18-10-11-19-15;1-12-9-2-5-6(10)4-13-8(5)3-7(9)11/h8-11H,2-7H2;2-5,13H,6-11H2,1H3;2-4,13H. The Hall–Kier alpha value is -3.71. The van der Waals surface area contributed by atoms with E-state index in [1.165, 1.54) is 18.2 Å². The Labute approximate surface area is 346 Å². The van der Waals surface area contributed by atoms with Gasteiger partial charge in [-0.3, -0.25) is 4.18 Å². The molecule has 0 unspecified atom stereocenters. The van der Waals surface area contributed by atoms with E-state index in [-0.39, 0.29) is 28.2 Å². The maximum absolute atomic E-state index is 14.0. The van der Waals surface area contributed by atoms with Gasteiger partial charge in [-0.15, -0.1) is 0 Å². The van der Waals surface area contributed by atoms with Gasteiger partial charge in [0.05, 0.1) is 50.6 Å². The minimum absolute atomic E-state index is 0.0489. The lowest BCUT2D eigenvalue weighted by Crippen LogP contribution is -2.38. The molecule has 0 atom stereocenters. The topological polar surface area (TPSA) is 110 Å². The van der Waals surface area contributed by atoms with Gasteiger partial charge >= 0.3 is 0 Å². The summed E-state index contributed by atoms with van der Waals surface area (Å²) in [6, 6.07) is 12.9. The molecule has 1 N–H and O–H groups in total. The number of nitrogens with one attached hydrogen (secondary N) is 1. The highest BCUT2D eigenvalue weighted by Gasteiger charge is 2.42. The third kappa shape index (κ3) is 9.14. The van der Waals surface area contributed by atoms with Gasteiger partial charge in [0.25, 0.3) is 10.1 Å². The molecule has 2 aliphatic carbocycles. The summed E-state index contributed by atoms with van der Waals surface area (Å²) in [5.74, 6) is -1.84. The van der Waals surface area contributed by atoms with E-state index in [4.69, 9.17) is 36.3 Å². The van der Waals surface area contributed by atoms with Gasteiger partial charge < -0.3 is 28.5 Å². The fourth-order valence-corrected chi connectivity index (χ4v) is 9.86. The summed E-state index contributed by atoms with van der Waals surface area (Å²) in [6.07, 6.45) is 9.63. The van der Waals surface area contributed by atoms with Crippen LogP contribution < -0.4 is 0 Å². The van der Waals surface area contributed by atoms with Crippen molar-refractivity contribution in [3.8, 4) is 0 Å². The summed E-state index contributed by atoms with van der Waals surface area (Å²) in [5.41, 5.74) is 2.65. The molecule has 2 aromatic heterocycles. The molecule has 5 aromatic rings. The number of hydrogen-bond acceptors (Lipinski definition) is 7. The van der Waals surface area contributed by atoms with E-state index in [2.05, 4.69) is 51.1 Å². The average molecular weight is 931 g/mol. The van der Waals surface area contributed by atoms with Crippen LogP contribution in [0, 0.1) is 31.7 Å². The van der Waals surface area contributed by atoms with Crippen LogP contribution in [-0.2, 0) is 33.2 Å². The Morgan fingerprint density at radius 2 is 1.32 bits per heavy atom. The van der Waals surface area contributed by atoms with Gasteiger partial charge in [-0.25, -0.2) is 18.5 Å². The third-order valence-corrected chi connectivity index (χ3v) is 13.5. The Balaban J connectivity index is 0.000000136. The van der Waals surface area contributed by atoms with Gasteiger partial charge in [-0.1, -0.05) is 17.7 Å². The Morgan fingerprint density at radius 3 is 1.88 bits per heavy atom. The molecule has 300 valence electrons. The van der Waals surface area contributed by atoms with Gasteiger partial charge in [-0.05, 0) is 101 Å². The van der Waals surface area contributed by atoms with Crippen molar-refractivity contribution < 1.29 is 40.3 Å². The number of ether oxygens (including phenoxy) is 4. The second-order valence-corrected chi connectivity index (χ2v) is 17.7. The smallest absolute Gasteiger partial charge is 0.297 e. The molecule has 9 rings (SSSR count). The number of aromatic nitrogens is 2. The monoisotopic (exact) mass is 928 g/mol. The Morgan fingerprint density at radius 1 is 0.789 bits per heavy atom. The second-order valence-electron chi connectivity index (χ2n) is 14.4. The van der Waals surface area contributed by atoms with Gasteiger partial charge in [0.1, 0.15) is 11.6 Å². The molecular weight excluding hydrogens is 890 g/mol. The van der Waals surface area contributed by atoms with Crippen LogP contribution in [0.1, 0.15) is 63.0 Å². The van der Waals surface area contributed by atoms with Crippen molar-refractivity contribution in [2.24, 2.45) is 0 Å². The number of hydrogen-bond donors (Lipinski definition) is 1. The van der Waals surface area contributed by atoms with E-state index in [9.17, 15) is 17.2 Å². The fourth-order valence-electron chi connectivity index (χ4n) is 7.75. The van der Waals surface area contributed by atoms with Crippen LogP contribution in [0.5, 0.6) is 0 Å². The van der Waals surface area contributed by atoms with Crippen molar-refractivity contribution in [2.45, 2.75) is 86.9 Å². The Bertz CT molecular complexity index is 2430. The van der Waals surface area contributed by atoms with Crippen molar-refractivity contribution in [1.29, 1.82) is 0 Å². The maximum Gasteiger partial charge on any atom is 0.297 e. The first-order valence-electron chi connectivity index (χ1n) is 18.6. The normalized spacial score (nSPS) is 20.2. The largest absolute Gasteiger partial charge is 0.360 e. The lowest BCUT2D eigenvalue weighted by atomic mass is 9.90. The van der Waals surface area contributed by atoms with Crippen LogP contribution in [0.25, 0.3) is 31.5 Å². The summed E-state index contributed by atoms with van der Waals surface area (Å²) in [5, 5.41) is 1.71.